The van der Waals surface area contributed by atoms with Gasteiger partial charge in [0.2, 0.25) is 0 Å². The van der Waals surface area contributed by atoms with Gasteiger partial charge in [0.25, 0.3) is 0 Å². The highest BCUT2D eigenvalue weighted by atomic mass is 19.1. The number of benzene rings is 1. The fraction of sp³-hybridized carbons (Fsp3) is 0.500. The fourth-order valence-corrected chi connectivity index (χ4v) is 2.14. The standard InChI is InChI=1S/C14H17F2NO/c1-2-17(13-3-4-13)6-5-14(18)10-7-11(15)9-12(16)8-10/h7-9,13H,2-6H2,1H3. The van der Waals surface area contributed by atoms with E-state index in [2.05, 4.69) is 11.8 Å². The first-order valence-corrected chi connectivity index (χ1v) is 6.33. The van der Waals surface area contributed by atoms with Crippen molar-refractivity contribution in [3.8, 4) is 0 Å². The van der Waals surface area contributed by atoms with Crippen molar-refractivity contribution in [1.82, 2.24) is 4.90 Å². The number of Topliss-reactive ketones (excluding diaryl/α,β-unsaturated/α-hetero) is 1. The van der Waals surface area contributed by atoms with Gasteiger partial charge in [-0.3, -0.25) is 4.79 Å². The molecule has 0 N–H and O–H groups in total. The molecule has 0 heterocycles. The van der Waals surface area contributed by atoms with E-state index in [4.69, 9.17) is 0 Å². The SMILES string of the molecule is CCN(CCC(=O)c1cc(F)cc(F)c1)C1CC1. The zero-order valence-corrected chi connectivity index (χ0v) is 10.5. The number of halogens is 2. The van der Waals surface area contributed by atoms with Crippen LogP contribution in [0.15, 0.2) is 18.2 Å². The maximum absolute atomic E-state index is 13.0. The second kappa shape index (κ2) is 5.57. The Bertz CT molecular complexity index is 423. The quantitative estimate of drug-likeness (QED) is 0.726. The largest absolute Gasteiger partial charge is 0.300 e. The molecule has 1 aromatic rings. The van der Waals surface area contributed by atoms with E-state index in [-0.39, 0.29) is 11.3 Å². The Kier molecular flexibility index (Phi) is 4.07. The Morgan fingerprint density at radius 1 is 1.28 bits per heavy atom. The highest BCUT2D eigenvalue weighted by molar-refractivity contribution is 5.96. The van der Waals surface area contributed by atoms with Crippen molar-refractivity contribution in [3.63, 3.8) is 0 Å². The number of hydrogen-bond acceptors (Lipinski definition) is 2. The zero-order chi connectivity index (χ0) is 13.1. The number of carbonyl (C=O) groups is 1. The number of hydrogen-bond donors (Lipinski definition) is 0. The van der Waals surface area contributed by atoms with Crippen molar-refractivity contribution < 1.29 is 13.6 Å². The summed E-state index contributed by atoms with van der Waals surface area (Å²) >= 11 is 0. The van der Waals surface area contributed by atoms with Crippen LogP contribution < -0.4 is 0 Å². The lowest BCUT2D eigenvalue weighted by atomic mass is 10.1. The molecular formula is C14H17F2NO. The van der Waals surface area contributed by atoms with Crippen LogP contribution in [0.1, 0.15) is 36.5 Å². The molecular weight excluding hydrogens is 236 g/mol. The van der Waals surface area contributed by atoms with E-state index in [1.54, 1.807) is 0 Å². The third kappa shape index (κ3) is 3.35. The predicted octanol–water partition coefficient (Wildman–Crippen LogP) is 3.02. The summed E-state index contributed by atoms with van der Waals surface area (Å²) in [7, 11) is 0. The van der Waals surface area contributed by atoms with Crippen LogP contribution in [0.3, 0.4) is 0 Å². The average Bonchev–Trinajstić information content (AvgIpc) is 3.12. The van der Waals surface area contributed by atoms with Gasteiger partial charge in [-0.25, -0.2) is 8.78 Å². The first kappa shape index (κ1) is 13.1. The Morgan fingerprint density at radius 3 is 2.39 bits per heavy atom. The van der Waals surface area contributed by atoms with Crippen LogP contribution in [0, 0.1) is 11.6 Å². The summed E-state index contributed by atoms with van der Waals surface area (Å²) in [5.41, 5.74) is 0.124. The molecule has 0 spiro atoms. The van der Waals surface area contributed by atoms with Crippen molar-refractivity contribution in [1.29, 1.82) is 0 Å². The molecule has 1 aliphatic carbocycles. The van der Waals surface area contributed by atoms with Gasteiger partial charge in [0.15, 0.2) is 5.78 Å². The average molecular weight is 253 g/mol. The van der Waals surface area contributed by atoms with Crippen LogP contribution in [0.25, 0.3) is 0 Å². The minimum atomic E-state index is -0.701. The Morgan fingerprint density at radius 2 is 1.89 bits per heavy atom. The Balaban J connectivity index is 1.94. The van der Waals surface area contributed by atoms with Crippen LogP contribution >= 0.6 is 0 Å². The third-order valence-electron chi connectivity index (χ3n) is 3.28. The van der Waals surface area contributed by atoms with Gasteiger partial charge >= 0.3 is 0 Å². The molecule has 1 aliphatic rings. The van der Waals surface area contributed by atoms with Crippen LogP contribution in [0.2, 0.25) is 0 Å². The smallest absolute Gasteiger partial charge is 0.164 e. The van der Waals surface area contributed by atoms with Crippen LogP contribution in [0.4, 0.5) is 8.78 Å². The van der Waals surface area contributed by atoms with Gasteiger partial charge in [-0.05, 0) is 31.5 Å². The maximum atomic E-state index is 13.0. The highest BCUT2D eigenvalue weighted by Crippen LogP contribution is 2.26. The summed E-state index contributed by atoms with van der Waals surface area (Å²) in [5.74, 6) is -1.60. The molecule has 0 radical (unpaired) electrons. The normalized spacial score (nSPS) is 15.1. The van der Waals surface area contributed by atoms with Gasteiger partial charge in [-0.1, -0.05) is 6.92 Å². The van der Waals surface area contributed by atoms with Crippen molar-refractivity contribution in [3.05, 3.63) is 35.4 Å². The minimum Gasteiger partial charge on any atom is -0.300 e. The van der Waals surface area contributed by atoms with E-state index in [1.807, 2.05) is 0 Å². The molecule has 18 heavy (non-hydrogen) atoms. The number of carbonyl (C=O) groups excluding carboxylic acids is 1. The van der Waals surface area contributed by atoms with E-state index < -0.39 is 11.6 Å². The fourth-order valence-electron chi connectivity index (χ4n) is 2.14. The molecule has 0 aromatic heterocycles. The summed E-state index contributed by atoms with van der Waals surface area (Å²) in [5, 5.41) is 0. The molecule has 0 unspecified atom stereocenters. The van der Waals surface area contributed by atoms with E-state index in [0.717, 1.165) is 24.7 Å². The predicted molar refractivity (Wildman–Crippen MR) is 65.6 cm³/mol. The monoisotopic (exact) mass is 253 g/mol. The molecule has 0 saturated heterocycles. The van der Waals surface area contributed by atoms with Gasteiger partial charge in [0.05, 0.1) is 0 Å². The molecule has 0 aliphatic heterocycles. The first-order valence-electron chi connectivity index (χ1n) is 6.33. The second-order valence-electron chi connectivity index (χ2n) is 4.69. The number of rotatable bonds is 6. The molecule has 2 nitrogen and oxygen atoms in total. The van der Waals surface area contributed by atoms with Gasteiger partial charge in [-0.15, -0.1) is 0 Å². The summed E-state index contributed by atoms with van der Waals surface area (Å²) in [6.45, 7) is 3.64. The topological polar surface area (TPSA) is 20.3 Å². The van der Waals surface area contributed by atoms with Crippen molar-refractivity contribution in [2.45, 2.75) is 32.2 Å². The molecule has 0 bridgehead atoms. The molecule has 1 saturated carbocycles. The maximum Gasteiger partial charge on any atom is 0.164 e. The molecule has 1 aromatic carbocycles. The lowest BCUT2D eigenvalue weighted by Crippen LogP contribution is -2.28. The molecule has 2 rings (SSSR count). The first-order chi connectivity index (χ1) is 8.60. The van der Waals surface area contributed by atoms with E-state index in [9.17, 15) is 13.6 Å². The van der Waals surface area contributed by atoms with E-state index >= 15 is 0 Å². The lowest BCUT2D eigenvalue weighted by molar-refractivity contribution is 0.0963. The van der Waals surface area contributed by atoms with Crippen molar-refractivity contribution in [2.24, 2.45) is 0 Å². The highest BCUT2D eigenvalue weighted by Gasteiger charge is 2.27. The van der Waals surface area contributed by atoms with E-state index in [0.29, 0.717) is 19.0 Å². The van der Waals surface area contributed by atoms with Crippen LogP contribution in [-0.2, 0) is 0 Å². The van der Waals surface area contributed by atoms with Gasteiger partial charge < -0.3 is 4.90 Å². The van der Waals surface area contributed by atoms with Gasteiger partial charge in [0, 0.05) is 30.6 Å². The van der Waals surface area contributed by atoms with Crippen LogP contribution in [0.5, 0.6) is 0 Å². The van der Waals surface area contributed by atoms with Crippen LogP contribution in [-0.4, -0.2) is 29.8 Å². The third-order valence-corrected chi connectivity index (χ3v) is 3.28. The number of ketones is 1. The summed E-state index contributed by atoms with van der Waals surface area (Å²) in [4.78, 5) is 14.1. The summed E-state index contributed by atoms with van der Waals surface area (Å²) in [6, 6.07) is 3.57. The van der Waals surface area contributed by atoms with Crippen molar-refractivity contribution in [2.75, 3.05) is 13.1 Å². The molecule has 0 amide bonds. The van der Waals surface area contributed by atoms with E-state index in [1.165, 1.54) is 12.8 Å². The molecule has 0 atom stereocenters. The lowest BCUT2D eigenvalue weighted by Gasteiger charge is -2.18. The molecule has 4 heteroatoms. The van der Waals surface area contributed by atoms with Crippen molar-refractivity contribution >= 4 is 5.78 Å². The number of nitrogens with zero attached hydrogens (tertiary/aromatic N) is 1. The second-order valence-corrected chi connectivity index (χ2v) is 4.69. The zero-order valence-electron chi connectivity index (χ0n) is 10.5. The summed E-state index contributed by atoms with van der Waals surface area (Å²) < 4.78 is 26.0. The molecule has 98 valence electrons. The Labute approximate surface area is 106 Å². The van der Waals surface area contributed by atoms with Gasteiger partial charge in [0.1, 0.15) is 11.6 Å². The minimum absolute atomic E-state index is 0.124. The Hall–Kier alpha value is -1.29. The molecule has 1 fully saturated rings. The van der Waals surface area contributed by atoms with Gasteiger partial charge in [-0.2, -0.15) is 0 Å². The summed E-state index contributed by atoms with van der Waals surface area (Å²) in [6.07, 6.45) is 2.69.